The molecule has 4 nitrogen and oxygen atoms in total. The molecule has 2 rings (SSSR count). The van der Waals surface area contributed by atoms with Crippen LogP contribution in [0.25, 0.3) is 0 Å². The van der Waals surface area contributed by atoms with E-state index in [4.69, 9.17) is 9.47 Å². The van der Waals surface area contributed by atoms with Gasteiger partial charge in [-0.05, 0) is 27.3 Å². The first-order chi connectivity index (χ1) is 8.13. The van der Waals surface area contributed by atoms with Gasteiger partial charge in [-0.2, -0.15) is 0 Å². The van der Waals surface area contributed by atoms with E-state index >= 15 is 0 Å². The Kier molecular flexibility index (Phi) is 4.42. The van der Waals surface area contributed by atoms with Crippen molar-refractivity contribution in [2.75, 3.05) is 46.6 Å². The molecule has 2 unspecified atom stereocenters. The van der Waals surface area contributed by atoms with Crippen LogP contribution in [0, 0.1) is 5.92 Å². The number of morpholine rings is 1. The molecule has 2 aliphatic rings. The number of nitrogens with one attached hydrogen (secondary N) is 1. The lowest BCUT2D eigenvalue weighted by molar-refractivity contribution is -0.0566. The average Bonchev–Trinajstić information content (AvgIpc) is 2.80. The Morgan fingerprint density at radius 1 is 1.35 bits per heavy atom. The topological polar surface area (TPSA) is 33.7 Å². The lowest BCUT2D eigenvalue weighted by Crippen LogP contribution is -2.57. The van der Waals surface area contributed by atoms with Gasteiger partial charge in [-0.1, -0.05) is 0 Å². The van der Waals surface area contributed by atoms with Gasteiger partial charge in [0.25, 0.3) is 0 Å². The second-order valence-corrected chi connectivity index (χ2v) is 5.83. The third-order valence-electron chi connectivity index (χ3n) is 4.14. The Bertz CT molecular complexity index is 240. The summed E-state index contributed by atoms with van der Waals surface area (Å²) in [5.74, 6) is 0.665. The maximum absolute atomic E-state index is 5.57. The lowest BCUT2D eigenvalue weighted by Gasteiger charge is -2.44. The number of ether oxygens (including phenoxy) is 2. The largest absolute Gasteiger partial charge is 0.381 e. The number of hydrogen-bond acceptors (Lipinski definition) is 4. The number of hydrogen-bond donors (Lipinski definition) is 1. The second kappa shape index (κ2) is 5.65. The minimum Gasteiger partial charge on any atom is -0.381 e. The summed E-state index contributed by atoms with van der Waals surface area (Å²) in [6.45, 7) is 10.2. The molecular formula is C13H26N2O2. The van der Waals surface area contributed by atoms with Crippen molar-refractivity contribution < 1.29 is 9.47 Å². The fraction of sp³-hybridized carbons (Fsp3) is 1.00. The fourth-order valence-corrected chi connectivity index (χ4v) is 2.81. The van der Waals surface area contributed by atoms with E-state index in [0.29, 0.717) is 12.0 Å². The zero-order valence-electron chi connectivity index (χ0n) is 11.4. The van der Waals surface area contributed by atoms with E-state index in [0.717, 1.165) is 39.5 Å². The van der Waals surface area contributed by atoms with Gasteiger partial charge in [0, 0.05) is 37.2 Å². The summed E-state index contributed by atoms with van der Waals surface area (Å²) in [5, 5.41) is 3.47. The zero-order chi connectivity index (χ0) is 12.3. The lowest BCUT2D eigenvalue weighted by atomic mass is 9.95. The van der Waals surface area contributed by atoms with Crippen LogP contribution in [0.3, 0.4) is 0 Å². The molecule has 0 bridgehead atoms. The van der Waals surface area contributed by atoms with Crippen molar-refractivity contribution in [3.05, 3.63) is 0 Å². The number of rotatable bonds is 4. The molecule has 17 heavy (non-hydrogen) atoms. The van der Waals surface area contributed by atoms with Crippen molar-refractivity contribution in [3.8, 4) is 0 Å². The molecule has 100 valence electrons. The summed E-state index contributed by atoms with van der Waals surface area (Å²) in [5.41, 5.74) is 0.160. The Morgan fingerprint density at radius 2 is 2.18 bits per heavy atom. The normalized spacial score (nSPS) is 31.6. The molecule has 0 radical (unpaired) electrons. The number of likely N-dealkylation sites (N-methyl/N-ethyl adjacent to an activating group) is 1. The Labute approximate surface area is 105 Å². The molecule has 0 aromatic carbocycles. The average molecular weight is 242 g/mol. The van der Waals surface area contributed by atoms with Gasteiger partial charge in [-0.15, -0.1) is 0 Å². The first kappa shape index (κ1) is 13.3. The first-order valence-corrected chi connectivity index (χ1v) is 6.71. The monoisotopic (exact) mass is 242 g/mol. The highest BCUT2D eigenvalue weighted by atomic mass is 16.5. The van der Waals surface area contributed by atoms with Gasteiger partial charge >= 0.3 is 0 Å². The van der Waals surface area contributed by atoms with Gasteiger partial charge in [0.2, 0.25) is 0 Å². The minimum absolute atomic E-state index is 0.160. The Hall–Kier alpha value is -0.160. The zero-order valence-corrected chi connectivity index (χ0v) is 11.4. The van der Waals surface area contributed by atoms with Crippen LogP contribution in [0.2, 0.25) is 0 Å². The highest BCUT2D eigenvalue weighted by Gasteiger charge is 2.34. The van der Waals surface area contributed by atoms with Crippen LogP contribution in [0.4, 0.5) is 0 Å². The molecule has 0 amide bonds. The molecule has 2 heterocycles. The molecule has 2 fully saturated rings. The van der Waals surface area contributed by atoms with Crippen LogP contribution in [0.15, 0.2) is 0 Å². The van der Waals surface area contributed by atoms with Gasteiger partial charge in [-0.25, -0.2) is 0 Å². The molecule has 0 spiro atoms. The maximum Gasteiger partial charge on any atom is 0.0645 e. The predicted octanol–water partition coefficient (Wildman–Crippen LogP) is 0.722. The van der Waals surface area contributed by atoms with Crippen molar-refractivity contribution >= 4 is 0 Å². The third kappa shape index (κ3) is 3.19. The summed E-state index contributed by atoms with van der Waals surface area (Å²) in [6.07, 6.45) is 1.19. The van der Waals surface area contributed by atoms with Crippen LogP contribution < -0.4 is 5.32 Å². The van der Waals surface area contributed by atoms with Crippen LogP contribution in [0.5, 0.6) is 0 Å². The van der Waals surface area contributed by atoms with Crippen molar-refractivity contribution in [3.63, 3.8) is 0 Å². The van der Waals surface area contributed by atoms with E-state index < -0.39 is 0 Å². The molecule has 0 saturated carbocycles. The van der Waals surface area contributed by atoms with Gasteiger partial charge in [0.05, 0.1) is 19.8 Å². The van der Waals surface area contributed by atoms with Crippen LogP contribution in [0.1, 0.15) is 20.3 Å². The van der Waals surface area contributed by atoms with Crippen LogP contribution >= 0.6 is 0 Å². The van der Waals surface area contributed by atoms with Crippen LogP contribution in [-0.4, -0.2) is 63.0 Å². The molecule has 2 aliphatic heterocycles. The molecule has 2 atom stereocenters. The molecule has 0 aromatic heterocycles. The number of nitrogens with zero attached hydrogens (tertiary/aromatic N) is 1. The predicted molar refractivity (Wildman–Crippen MR) is 68.2 cm³/mol. The van der Waals surface area contributed by atoms with Crippen molar-refractivity contribution in [2.45, 2.75) is 31.8 Å². The van der Waals surface area contributed by atoms with E-state index in [9.17, 15) is 0 Å². The molecule has 0 aliphatic carbocycles. The van der Waals surface area contributed by atoms with Crippen molar-refractivity contribution in [2.24, 2.45) is 5.92 Å². The quantitative estimate of drug-likeness (QED) is 0.788. The van der Waals surface area contributed by atoms with Crippen molar-refractivity contribution in [1.29, 1.82) is 0 Å². The van der Waals surface area contributed by atoms with Gasteiger partial charge in [0.1, 0.15) is 0 Å². The van der Waals surface area contributed by atoms with E-state index in [1.165, 1.54) is 6.42 Å². The summed E-state index contributed by atoms with van der Waals surface area (Å²) >= 11 is 0. The highest BCUT2D eigenvalue weighted by Crippen LogP contribution is 2.23. The summed E-state index contributed by atoms with van der Waals surface area (Å²) in [7, 11) is 2.07. The van der Waals surface area contributed by atoms with Crippen LogP contribution in [-0.2, 0) is 9.47 Å². The van der Waals surface area contributed by atoms with Gasteiger partial charge in [0.15, 0.2) is 0 Å². The first-order valence-electron chi connectivity index (χ1n) is 6.71. The maximum atomic E-state index is 5.57. The summed E-state index contributed by atoms with van der Waals surface area (Å²) < 4.78 is 11.1. The SMILES string of the molecule is CNC(CN1CCOCC1(C)C)C1CCOC1. The van der Waals surface area contributed by atoms with Gasteiger partial charge < -0.3 is 14.8 Å². The second-order valence-electron chi connectivity index (χ2n) is 5.83. The molecule has 1 N–H and O–H groups in total. The molecule has 2 saturated heterocycles. The van der Waals surface area contributed by atoms with Gasteiger partial charge in [-0.3, -0.25) is 4.90 Å². The fourth-order valence-electron chi connectivity index (χ4n) is 2.81. The smallest absolute Gasteiger partial charge is 0.0645 e. The summed E-state index contributed by atoms with van der Waals surface area (Å²) in [4.78, 5) is 2.55. The van der Waals surface area contributed by atoms with E-state index in [1.54, 1.807) is 0 Å². The van der Waals surface area contributed by atoms with E-state index in [2.05, 4.69) is 31.1 Å². The summed E-state index contributed by atoms with van der Waals surface area (Å²) in [6, 6.07) is 0.537. The molecule has 4 heteroatoms. The van der Waals surface area contributed by atoms with E-state index in [1.807, 2.05) is 0 Å². The molecule has 0 aromatic rings. The minimum atomic E-state index is 0.160. The third-order valence-corrected chi connectivity index (χ3v) is 4.14. The molecular weight excluding hydrogens is 216 g/mol. The standard InChI is InChI=1S/C13H26N2O2/c1-13(2)10-17-7-5-15(13)8-12(14-3)11-4-6-16-9-11/h11-12,14H,4-10H2,1-3H3. The van der Waals surface area contributed by atoms with Crippen molar-refractivity contribution in [1.82, 2.24) is 10.2 Å². The highest BCUT2D eigenvalue weighted by molar-refractivity contribution is 4.89. The Balaban J connectivity index is 1.92. The van der Waals surface area contributed by atoms with E-state index in [-0.39, 0.29) is 5.54 Å². The Morgan fingerprint density at radius 3 is 2.76 bits per heavy atom.